The molecule has 4 nitrogen and oxygen atoms in total. The van der Waals surface area contributed by atoms with E-state index < -0.39 is 11.1 Å². The van der Waals surface area contributed by atoms with Gasteiger partial charge in [0.05, 0.1) is 17.7 Å². The van der Waals surface area contributed by atoms with Gasteiger partial charge >= 0.3 is 0 Å². The number of anilines is 1. The highest BCUT2D eigenvalue weighted by molar-refractivity contribution is 7.79. The smallest absolute Gasteiger partial charge is 0.186 e. The summed E-state index contributed by atoms with van der Waals surface area (Å²) >= 11 is -1.99. The Morgan fingerprint density at radius 1 is 1.58 bits per heavy atom. The zero-order valence-corrected chi connectivity index (χ0v) is 7.30. The SMILES string of the molecule is COc1ccc(S(=O)O)cc1N. The fourth-order valence-electron chi connectivity index (χ4n) is 0.821. The summed E-state index contributed by atoms with van der Waals surface area (Å²) in [6.07, 6.45) is 0. The second kappa shape index (κ2) is 3.55. The van der Waals surface area contributed by atoms with Crippen molar-refractivity contribution in [2.75, 3.05) is 12.8 Å². The quantitative estimate of drug-likeness (QED) is 0.532. The molecule has 1 rings (SSSR count). The Labute approximate surface area is 72.6 Å². The molecule has 0 aromatic heterocycles. The minimum atomic E-state index is -1.99. The Hall–Kier alpha value is -1.07. The van der Waals surface area contributed by atoms with Gasteiger partial charge in [-0.2, -0.15) is 0 Å². The maximum absolute atomic E-state index is 10.6. The van der Waals surface area contributed by atoms with Crippen LogP contribution >= 0.6 is 0 Å². The van der Waals surface area contributed by atoms with Gasteiger partial charge in [0.1, 0.15) is 5.75 Å². The van der Waals surface area contributed by atoms with Gasteiger partial charge in [0.25, 0.3) is 0 Å². The molecule has 66 valence electrons. The van der Waals surface area contributed by atoms with Crippen LogP contribution in [0.4, 0.5) is 5.69 Å². The van der Waals surface area contributed by atoms with E-state index in [2.05, 4.69) is 0 Å². The van der Waals surface area contributed by atoms with E-state index in [4.69, 9.17) is 15.0 Å². The number of benzene rings is 1. The summed E-state index contributed by atoms with van der Waals surface area (Å²) in [6.45, 7) is 0. The van der Waals surface area contributed by atoms with Crippen molar-refractivity contribution >= 4 is 16.8 Å². The normalized spacial score (nSPS) is 12.5. The highest BCUT2D eigenvalue weighted by atomic mass is 32.2. The molecular formula is C7H9NO3S. The molecular weight excluding hydrogens is 178 g/mol. The van der Waals surface area contributed by atoms with Crippen molar-refractivity contribution in [2.45, 2.75) is 4.90 Å². The van der Waals surface area contributed by atoms with Gasteiger partial charge in [-0.15, -0.1) is 0 Å². The van der Waals surface area contributed by atoms with Crippen LogP contribution in [-0.2, 0) is 11.1 Å². The van der Waals surface area contributed by atoms with Crippen LogP contribution in [0.3, 0.4) is 0 Å². The lowest BCUT2D eigenvalue weighted by atomic mass is 10.3. The third kappa shape index (κ3) is 1.75. The van der Waals surface area contributed by atoms with Gasteiger partial charge in [-0.1, -0.05) is 0 Å². The number of hydrogen-bond donors (Lipinski definition) is 2. The molecule has 3 N–H and O–H groups in total. The monoisotopic (exact) mass is 187 g/mol. The van der Waals surface area contributed by atoms with E-state index in [1.807, 2.05) is 0 Å². The van der Waals surface area contributed by atoms with Crippen LogP contribution in [0.25, 0.3) is 0 Å². The molecule has 1 atom stereocenters. The maximum Gasteiger partial charge on any atom is 0.186 e. The summed E-state index contributed by atoms with van der Waals surface area (Å²) in [4.78, 5) is 0.272. The molecule has 1 aromatic carbocycles. The average Bonchev–Trinajstić information content (AvgIpc) is 2.04. The van der Waals surface area contributed by atoms with E-state index in [0.717, 1.165) is 0 Å². The third-order valence-corrected chi connectivity index (χ3v) is 2.06. The topological polar surface area (TPSA) is 72.5 Å². The first-order valence-electron chi connectivity index (χ1n) is 3.19. The minimum Gasteiger partial charge on any atom is -0.495 e. The zero-order valence-electron chi connectivity index (χ0n) is 6.48. The Bertz CT molecular complexity index is 314. The second-order valence-corrected chi connectivity index (χ2v) is 3.12. The largest absolute Gasteiger partial charge is 0.495 e. The molecule has 12 heavy (non-hydrogen) atoms. The molecule has 0 aliphatic heterocycles. The first-order chi connectivity index (χ1) is 5.65. The van der Waals surface area contributed by atoms with Crippen molar-refractivity contribution in [2.24, 2.45) is 0 Å². The summed E-state index contributed by atoms with van der Waals surface area (Å²) in [5, 5.41) is 0. The van der Waals surface area contributed by atoms with Crippen LogP contribution in [0.1, 0.15) is 0 Å². The number of hydrogen-bond acceptors (Lipinski definition) is 3. The summed E-state index contributed by atoms with van der Waals surface area (Å²) in [6, 6.07) is 4.46. The predicted molar refractivity (Wildman–Crippen MR) is 46.4 cm³/mol. The van der Waals surface area contributed by atoms with E-state index in [-0.39, 0.29) is 4.90 Å². The Morgan fingerprint density at radius 2 is 2.25 bits per heavy atom. The molecule has 0 saturated carbocycles. The van der Waals surface area contributed by atoms with Gasteiger partial charge in [0.2, 0.25) is 0 Å². The van der Waals surface area contributed by atoms with Crippen molar-refractivity contribution in [3.05, 3.63) is 18.2 Å². The summed E-state index contributed by atoms with van der Waals surface area (Å²) in [5.74, 6) is 0.504. The standard InChI is InChI=1S/C7H9NO3S/c1-11-7-3-2-5(12(9)10)4-6(7)8/h2-4H,8H2,1H3,(H,9,10). The lowest BCUT2D eigenvalue weighted by Gasteiger charge is -2.04. The molecule has 0 aliphatic carbocycles. The van der Waals surface area contributed by atoms with E-state index in [0.29, 0.717) is 11.4 Å². The minimum absolute atomic E-state index is 0.272. The maximum atomic E-state index is 10.6. The van der Waals surface area contributed by atoms with Crippen LogP contribution in [-0.4, -0.2) is 15.9 Å². The highest BCUT2D eigenvalue weighted by Crippen LogP contribution is 2.22. The lowest BCUT2D eigenvalue weighted by Crippen LogP contribution is -1.95. The predicted octanol–water partition coefficient (Wildman–Crippen LogP) is 0.858. The molecule has 1 aromatic rings. The van der Waals surface area contributed by atoms with Crippen LogP contribution in [0.15, 0.2) is 23.1 Å². The van der Waals surface area contributed by atoms with Crippen molar-refractivity contribution in [1.82, 2.24) is 0 Å². The highest BCUT2D eigenvalue weighted by Gasteiger charge is 2.03. The molecule has 5 heteroatoms. The van der Waals surface area contributed by atoms with Gasteiger partial charge in [-0.25, -0.2) is 4.21 Å². The van der Waals surface area contributed by atoms with E-state index in [1.165, 1.54) is 19.2 Å². The molecule has 0 heterocycles. The third-order valence-electron chi connectivity index (χ3n) is 1.40. The van der Waals surface area contributed by atoms with Crippen LogP contribution in [0, 0.1) is 0 Å². The number of nitrogen functional groups attached to an aromatic ring is 1. The van der Waals surface area contributed by atoms with Gasteiger partial charge in [0, 0.05) is 0 Å². The van der Waals surface area contributed by atoms with E-state index in [1.54, 1.807) is 6.07 Å². The molecule has 0 spiro atoms. The lowest BCUT2D eigenvalue weighted by molar-refractivity contribution is 0.416. The van der Waals surface area contributed by atoms with Crippen molar-refractivity contribution < 1.29 is 13.5 Å². The average molecular weight is 187 g/mol. The number of rotatable bonds is 2. The van der Waals surface area contributed by atoms with Gasteiger partial charge in [-0.05, 0) is 18.2 Å². The van der Waals surface area contributed by atoms with Crippen molar-refractivity contribution in [3.8, 4) is 5.75 Å². The van der Waals surface area contributed by atoms with Crippen LogP contribution in [0.5, 0.6) is 5.75 Å². The molecule has 0 amide bonds. The first kappa shape index (κ1) is 9.02. The van der Waals surface area contributed by atoms with Crippen LogP contribution < -0.4 is 10.5 Å². The Kier molecular flexibility index (Phi) is 2.67. The zero-order chi connectivity index (χ0) is 9.14. The number of ether oxygens (including phenoxy) is 1. The molecule has 0 saturated heterocycles. The van der Waals surface area contributed by atoms with Gasteiger partial charge in [-0.3, -0.25) is 0 Å². The molecule has 0 bridgehead atoms. The van der Waals surface area contributed by atoms with E-state index in [9.17, 15) is 4.21 Å². The molecule has 0 fully saturated rings. The van der Waals surface area contributed by atoms with E-state index >= 15 is 0 Å². The van der Waals surface area contributed by atoms with Gasteiger partial charge in [0.15, 0.2) is 11.1 Å². The Balaban J connectivity index is 3.10. The van der Waals surface area contributed by atoms with Crippen molar-refractivity contribution in [3.63, 3.8) is 0 Å². The Morgan fingerprint density at radius 3 is 2.67 bits per heavy atom. The first-order valence-corrected chi connectivity index (χ1v) is 4.30. The molecule has 1 unspecified atom stereocenters. The fourth-order valence-corrected chi connectivity index (χ4v) is 1.23. The second-order valence-electron chi connectivity index (χ2n) is 2.15. The van der Waals surface area contributed by atoms with Gasteiger partial charge < -0.3 is 15.0 Å². The van der Waals surface area contributed by atoms with Crippen LogP contribution in [0.2, 0.25) is 0 Å². The molecule has 0 radical (unpaired) electrons. The molecule has 0 aliphatic rings. The summed E-state index contributed by atoms with van der Waals surface area (Å²) in [7, 11) is 1.49. The summed E-state index contributed by atoms with van der Waals surface area (Å²) in [5.41, 5.74) is 5.86. The number of methoxy groups -OCH3 is 1. The summed E-state index contributed by atoms with van der Waals surface area (Å²) < 4.78 is 24.1. The van der Waals surface area contributed by atoms with Crippen molar-refractivity contribution in [1.29, 1.82) is 0 Å². The number of nitrogens with two attached hydrogens (primary N) is 1. The fraction of sp³-hybridized carbons (Fsp3) is 0.143.